The van der Waals surface area contributed by atoms with Gasteiger partial charge >= 0.3 is 0 Å². The van der Waals surface area contributed by atoms with Crippen molar-refractivity contribution >= 4 is 17.3 Å². The molecule has 0 N–H and O–H groups in total. The van der Waals surface area contributed by atoms with Gasteiger partial charge in [-0.2, -0.15) is 0 Å². The summed E-state index contributed by atoms with van der Waals surface area (Å²) < 4.78 is 0. The van der Waals surface area contributed by atoms with Crippen molar-refractivity contribution in [2.75, 3.05) is 49.1 Å². The van der Waals surface area contributed by atoms with E-state index < -0.39 is 0 Å². The number of para-hydroxylation sites is 1. The molecular weight excluding hydrogens is 336 g/mol. The number of piperidine rings is 1. The summed E-state index contributed by atoms with van der Waals surface area (Å²) >= 11 is 0. The van der Waals surface area contributed by atoms with Gasteiger partial charge in [0.1, 0.15) is 5.69 Å². The molecule has 142 valence electrons. The van der Waals surface area contributed by atoms with Crippen LogP contribution in [0.2, 0.25) is 0 Å². The maximum atomic E-state index is 12.8. The summed E-state index contributed by atoms with van der Waals surface area (Å²) in [6.07, 6.45) is 4.32. The molecule has 0 saturated carbocycles. The highest BCUT2D eigenvalue weighted by Crippen LogP contribution is 2.23. The lowest BCUT2D eigenvalue weighted by atomic mass is 9.99. The standard InChI is InChI=1S/C22H28N4O/c1-18-9-11-24(12-10-18)20-7-8-21(23-17-20)22(27)26-15-13-25(14-16-26)19-5-3-2-4-6-19/h2-8,17-18H,9-16H2,1H3. The molecule has 4 rings (SSSR count). The fourth-order valence-corrected chi connectivity index (χ4v) is 3.93. The molecule has 0 bridgehead atoms. The van der Waals surface area contributed by atoms with Crippen molar-refractivity contribution in [2.24, 2.45) is 5.92 Å². The van der Waals surface area contributed by atoms with Crippen LogP contribution >= 0.6 is 0 Å². The summed E-state index contributed by atoms with van der Waals surface area (Å²) in [5, 5.41) is 0. The highest BCUT2D eigenvalue weighted by molar-refractivity contribution is 5.92. The van der Waals surface area contributed by atoms with Gasteiger partial charge in [0.05, 0.1) is 11.9 Å². The Hall–Kier alpha value is -2.56. The first-order chi connectivity index (χ1) is 13.2. The maximum Gasteiger partial charge on any atom is 0.272 e. The third-order valence-electron chi connectivity index (χ3n) is 5.80. The quantitative estimate of drug-likeness (QED) is 0.838. The number of carbonyl (C=O) groups excluding carboxylic acids is 1. The van der Waals surface area contributed by atoms with E-state index in [1.54, 1.807) is 0 Å². The molecule has 5 heteroatoms. The Morgan fingerprint density at radius 3 is 2.15 bits per heavy atom. The first kappa shape index (κ1) is 17.8. The van der Waals surface area contributed by atoms with Crippen LogP contribution in [0, 0.1) is 5.92 Å². The zero-order valence-corrected chi connectivity index (χ0v) is 16.1. The van der Waals surface area contributed by atoms with Crippen molar-refractivity contribution in [2.45, 2.75) is 19.8 Å². The molecule has 0 unspecified atom stereocenters. The summed E-state index contributed by atoms with van der Waals surface area (Å²) in [6, 6.07) is 14.3. The molecule has 2 saturated heterocycles. The van der Waals surface area contributed by atoms with Crippen LogP contribution in [-0.2, 0) is 0 Å². The van der Waals surface area contributed by atoms with Crippen molar-refractivity contribution in [3.63, 3.8) is 0 Å². The van der Waals surface area contributed by atoms with E-state index in [0.717, 1.165) is 50.9 Å². The van der Waals surface area contributed by atoms with E-state index in [4.69, 9.17) is 0 Å². The molecular formula is C22H28N4O. The van der Waals surface area contributed by atoms with Gasteiger partial charge in [0.2, 0.25) is 0 Å². The summed E-state index contributed by atoms with van der Waals surface area (Å²) in [5.41, 5.74) is 2.91. The monoisotopic (exact) mass is 364 g/mol. The number of aromatic nitrogens is 1. The number of anilines is 2. The normalized spacial score (nSPS) is 18.6. The molecule has 1 amide bonds. The van der Waals surface area contributed by atoms with E-state index >= 15 is 0 Å². The van der Waals surface area contributed by atoms with E-state index in [2.05, 4.69) is 52.0 Å². The summed E-state index contributed by atoms with van der Waals surface area (Å²) in [6.45, 7) is 7.67. The van der Waals surface area contributed by atoms with E-state index in [-0.39, 0.29) is 5.91 Å². The van der Waals surface area contributed by atoms with Gasteiger partial charge in [-0.1, -0.05) is 25.1 Å². The molecule has 0 atom stereocenters. The Morgan fingerprint density at radius 1 is 0.852 bits per heavy atom. The third kappa shape index (κ3) is 4.07. The fraction of sp³-hybridized carbons (Fsp3) is 0.455. The number of pyridine rings is 1. The van der Waals surface area contributed by atoms with Gasteiger partial charge in [0, 0.05) is 45.0 Å². The average molecular weight is 364 g/mol. The summed E-state index contributed by atoms with van der Waals surface area (Å²) in [4.78, 5) is 23.9. The van der Waals surface area contributed by atoms with Gasteiger partial charge in [0.25, 0.3) is 5.91 Å². The number of carbonyl (C=O) groups is 1. The van der Waals surface area contributed by atoms with Gasteiger partial charge in [-0.15, -0.1) is 0 Å². The Morgan fingerprint density at radius 2 is 1.52 bits per heavy atom. The molecule has 1 aromatic heterocycles. The number of hydrogen-bond acceptors (Lipinski definition) is 4. The van der Waals surface area contributed by atoms with Crippen LogP contribution in [0.4, 0.5) is 11.4 Å². The Bertz CT molecular complexity index is 746. The smallest absolute Gasteiger partial charge is 0.272 e. The number of amides is 1. The topological polar surface area (TPSA) is 39.7 Å². The summed E-state index contributed by atoms with van der Waals surface area (Å²) in [5.74, 6) is 0.853. The molecule has 2 aromatic rings. The predicted octanol–water partition coefficient (Wildman–Crippen LogP) is 3.28. The minimum atomic E-state index is 0.0431. The zero-order chi connectivity index (χ0) is 18.6. The molecule has 2 aliphatic heterocycles. The molecule has 2 fully saturated rings. The Labute approximate surface area is 161 Å². The first-order valence-corrected chi connectivity index (χ1v) is 10.0. The SMILES string of the molecule is CC1CCN(c2ccc(C(=O)N3CCN(c4ccccc4)CC3)nc2)CC1. The second-order valence-corrected chi connectivity index (χ2v) is 7.69. The number of piperazine rings is 1. The van der Waals surface area contributed by atoms with Crippen molar-refractivity contribution in [1.82, 2.24) is 9.88 Å². The van der Waals surface area contributed by atoms with Crippen LogP contribution in [0.3, 0.4) is 0 Å². The van der Waals surface area contributed by atoms with Crippen molar-refractivity contribution in [1.29, 1.82) is 0 Å². The lowest BCUT2D eigenvalue weighted by molar-refractivity contribution is 0.0741. The van der Waals surface area contributed by atoms with Crippen molar-refractivity contribution < 1.29 is 4.79 Å². The number of nitrogens with zero attached hydrogens (tertiary/aromatic N) is 4. The van der Waals surface area contributed by atoms with E-state index in [1.807, 2.05) is 23.2 Å². The molecule has 3 heterocycles. The number of rotatable bonds is 3. The van der Waals surface area contributed by atoms with E-state index in [0.29, 0.717) is 5.69 Å². The van der Waals surface area contributed by atoms with Crippen LogP contribution in [0.1, 0.15) is 30.3 Å². The second-order valence-electron chi connectivity index (χ2n) is 7.69. The Kier molecular flexibility index (Phi) is 5.28. The van der Waals surface area contributed by atoms with Crippen LogP contribution < -0.4 is 9.80 Å². The number of hydrogen-bond donors (Lipinski definition) is 0. The average Bonchev–Trinajstić information content (AvgIpc) is 2.75. The highest BCUT2D eigenvalue weighted by atomic mass is 16.2. The molecule has 27 heavy (non-hydrogen) atoms. The first-order valence-electron chi connectivity index (χ1n) is 10.0. The van der Waals surface area contributed by atoms with Crippen molar-refractivity contribution in [3.05, 3.63) is 54.4 Å². The van der Waals surface area contributed by atoms with Crippen LogP contribution in [0.25, 0.3) is 0 Å². The van der Waals surface area contributed by atoms with Gasteiger partial charge in [-0.25, -0.2) is 4.98 Å². The van der Waals surface area contributed by atoms with E-state index in [9.17, 15) is 4.79 Å². The van der Waals surface area contributed by atoms with Gasteiger partial charge in [0.15, 0.2) is 0 Å². The predicted molar refractivity (Wildman–Crippen MR) is 109 cm³/mol. The Balaban J connectivity index is 1.35. The van der Waals surface area contributed by atoms with Crippen molar-refractivity contribution in [3.8, 4) is 0 Å². The largest absolute Gasteiger partial charge is 0.370 e. The minimum Gasteiger partial charge on any atom is -0.370 e. The lowest BCUT2D eigenvalue weighted by Gasteiger charge is -2.36. The lowest BCUT2D eigenvalue weighted by Crippen LogP contribution is -2.49. The fourth-order valence-electron chi connectivity index (χ4n) is 3.93. The number of benzene rings is 1. The highest BCUT2D eigenvalue weighted by Gasteiger charge is 2.23. The zero-order valence-electron chi connectivity index (χ0n) is 16.1. The molecule has 0 radical (unpaired) electrons. The van der Waals surface area contributed by atoms with Crippen LogP contribution in [0.5, 0.6) is 0 Å². The second kappa shape index (κ2) is 7.99. The van der Waals surface area contributed by atoms with Crippen LogP contribution in [0.15, 0.2) is 48.7 Å². The van der Waals surface area contributed by atoms with Gasteiger partial charge in [-0.3, -0.25) is 4.79 Å². The molecule has 2 aliphatic rings. The third-order valence-corrected chi connectivity index (χ3v) is 5.80. The molecule has 5 nitrogen and oxygen atoms in total. The van der Waals surface area contributed by atoms with Crippen LogP contribution in [-0.4, -0.2) is 55.1 Å². The van der Waals surface area contributed by atoms with E-state index in [1.165, 1.54) is 18.5 Å². The molecule has 1 aromatic carbocycles. The maximum absolute atomic E-state index is 12.8. The molecule has 0 spiro atoms. The molecule has 0 aliphatic carbocycles. The van der Waals surface area contributed by atoms with Gasteiger partial charge in [-0.05, 0) is 43.0 Å². The minimum absolute atomic E-state index is 0.0431. The van der Waals surface area contributed by atoms with Gasteiger partial charge < -0.3 is 14.7 Å². The summed E-state index contributed by atoms with van der Waals surface area (Å²) in [7, 11) is 0.